The maximum Gasteiger partial charge on any atom is 0.339 e. The van der Waals surface area contributed by atoms with Crippen LogP contribution in [0.5, 0.6) is 0 Å². The Labute approximate surface area is 115 Å². The van der Waals surface area contributed by atoms with E-state index in [9.17, 15) is 9.18 Å². The molecule has 0 atom stereocenters. The lowest BCUT2D eigenvalue weighted by Gasteiger charge is -2.08. The predicted octanol–water partition coefficient (Wildman–Crippen LogP) is 2.32. The Balaban J connectivity index is 2.10. The summed E-state index contributed by atoms with van der Waals surface area (Å²) in [5.74, 6) is -0.263. The molecule has 2 rings (SSSR count). The molecule has 0 spiro atoms. The summed E-state index contributed by atoms with van der Waals surface area (Å²) in [6.45, 7) is 1.93. The molecule has 20 heavy (non-hydrogen) atoms. The zero-order valence-electron chi connectivity index (χ0n) is 11.2. The zero-order chi connectivity index (χ0) is 14.5. The largest absolute Gasteiger partial charge is 0.465 e. The van der Waals surface area contributed by atoms with E-state index in [1.165, 1.54) is 25.4 Å². The molecule has 104 valence electrons. The van der Waals surface area contributed by atoms with Crippen LogP contribution in [0.1, 0.15) is 21.7 Å². The molecule has 0 amide bonds. The summed E-state index contributed by atoms with van der Waals surface area (Å²) in [4.78, 5) is 19.6. The number of rotatable bonds is 4. The number of carbonyl (C=O) groups excluding carboxylic acids is 1. The minimum absolute atomic E-state index is 0.219. The smallest absolute Gasteiger partial charge is 0.339 e. The van der Waals surface area contributed by atoms with E-state index in [0.717, 1.165) is 0 Å². The van der Waals surface area contributed by atoms with Gasteiger partial charge in [0, 0.05) is 6.20 Å². The van der Waals surface area contributed by atoms with E-state index in [2.05, 4.69) is 20.0 Å². The number of ether oxygens (including phenoxy) is 1. The Bertz CT molecular complexity index is 632. The molecule has 1 N–H and O–H groups in total. The van der Waals surface area contributed by atoms with Crippen molar-refractivity contribution in [2.45, 2.75) is 13.5 Å². The Hall–Kier alpha value is -2.50. The first-order valence-corrected chi connectivity index (χ1v) is 6.01. The van der Waals surface area contributed by atoms with E-state index < -0.39 is 5.97 Å². The van der Waals surface area contributed by atoms with Gasteiger partial charge in [-0.3, -0.25) is 4.98 Å². The fourth-order valence-corrected chi connectivity index (χ4v) is 1.71. The SMILES string of the molecule is COC(=O)c1ccc(NCc2ncccc2F)nc1C. The molecule has 0 fully saturated rings. The van der Waals surface area contributed by atoms with Crippen molar-refractivity contribution in [3.63, 3.8) is 0 Å². The standard InChI is InChI=1S/C14H14FN3O2/c1-9-10(14(19)20-2)5-6-13(18-9)17-8-12-11(15)4-3-7-16-12/h3-7H,8H2,1-2H3,(H,17,18). The van der Waals surface area contributed by atoms with Gasteiger partial charge in [-0.25, -0.2) is 14.2 Å². The maximum atomic E-state index is 13.4. The number of carbonyl (C=O) groups is 1. The average molecular weight is 275 g/mol. The highest BCUT2D eigenvalue weighted by Crippen LogP contribution is 2.13. The van der Waals surface area contributed by atoms with Gasteiger partial charge in [0.15, 0.2) is 0 Å². The van der Waals surface area contributed by atoms with Gasteiger partial charge in [-0.2, -0.15) is 0 Å². The summed E-state index contributed by atoms with van der Waals surface area (Å²) in [7, 11) is 1.32. The summed E-state index contributed by atoms with van der Waals surface area (Å²) >= 11 is 0. The molecule has 0 bridgehead atoms. The molecule has 6 heteroatoms. The molecule has 0 aliphatic rings. The lowest BCUT2D eigenvalue weighted by molar-refractivity contribution is 0.0599. The first-order valence-electron chi connectivity index (χ1n) is 6.01. The number of hydrogen-bond donors (Lipinski definition) is 1. The molecule has 0 aliphatic heterocycles. The number of halogens is 1. The molecular weight excluding hydrogens is 261 g/mol. The number of anilines is 1. The van der Waals surface area contributed by atoms with E-state index in [0.29, 0.717) is 22.8 Å². The topological polar surface area (TPSA) is 64.1 Å². The van der Waals surface area contributed by atoms with Crippen molar-refractivity contribution in [2.75, 3.05) is 12.4 Å². The van der Waals surface area contributed by atoms with E-state index >= 15 is 0 Å². The molecule has 0 aromatic carbocycles. The highest BCUT2D eigenvalue weighted by atomic mass is 19.1. The predicted molar refractivity (Wildman–Crippen MR) is 71.8 cm³/mol. The lowest BCUT2D eigenvalue weighted by Crippen LogP contribution is -2.09. The molecule has 0 radical (unpaired) electrons. The van der Waals surface area contributed by atoms with E-state index in [-0.39, 0.29) is 12.4 Å². The van der Waals surface area contributed by atoms with Crippen LogP contribution >= 0.6 is 0 Å². The highest BCUT2D eigenvalue weighted by Gasteiger charge is 2.10. The van der Waals surface area contributed by atoms with Gasteiger partial charge in [0.2, 0.25) is 0 Å². The van der Waals surface area contributed by atoms with E-state index in [1.54, 1.807) is 19.1 Å². The van der Waals surface area contributed by atoms with Crippen molar-refractivity contribution >= 4 is 11.8 Å². The maximum absolute atomic E-state index is 13.4. The van der Waals surface area contributed by atoms with Crippen molar-refractivity contribution in [2.24, 2.45) is 0 Å². The van der Waals surface area contributed by atoms with Crippen LogP contribution in [0.3, 0.4) is 0 Å². The second-order valence-electron chi connectivity index (χ2n) is 4.11. The van der Waals surface area contributed by atoms with Crippen LogP contribution in [-0.4, -0.2) is 23.0 Å². The van der Waals surface area contributed by atoms with Crippen molar-refractivity contribution in [1.29, 1.82) is 0 Å². The first kappa shape index (κ1) is 13.9. The molecular formula is C14H14FN3O2. The van der Waals surface area contributed by atoms with Crippen molar-refractivity contribution < 1.29 is 13.9 Å². The Morgan fingerprint density at radius 2 is 2.20 bits per heavy atom. The number of pyridine rings is 2. The van der Waals surface area contributed by atoms with E-state index in [1.807, 2.05) is 0 Å². The van der Waals surface area contributed by atoms with Crippen LogP contribution in [0.15, 0.2) is 30.5 Å². The summed E-state index contributed by atoms with van der Waals surface area (Å²) in [5.41, 5.74) is 1.26. The number of methoxy groups -OCH3 is 1. The Kier molecular flexibility index (Phi) is 4.24. The Morgan fingerprint density at radius 3 is 2.85 bits per heavy atom. The van der Waals surface area contributed by atoms with Gasteiger partial charge in [-0.1, -0.05) is 0 Å². The summed E-state index contributed by atoms with van der Waals surface area (Å²) in [5, 5.41) is 2.96. The molecule has 0 unspecified atom stereocenters. The molecule has 2 heterocycles. The van der Waals surface area contributed by atoms with Gasteiger partial charge in [-0.15, -0.1) is 0 Å². The van der Waals surface area contributed by atoms with Crippen molar-refractivity contribution in [3.8, 4) is 0 Å². The molecule has 0 aliphatic carbocycles. The lowest BCUT2D eigenvalue weighted by atomic mass is 10.2. The fraction of sp³-hybridized carbons (Fsp3) is 0.214. The number of aromatic nitrogens is 2. The normalized spacial score (nSPS) is 10.2. The molecule has 0 saturated carbocycles. The monoisotopic (exact) mass is 275 g/mol. The third-order valence-corrected chi connectivity index (χ3v) is 2.76. The third kappa shape index (κ3) is 3.09. The molecule has 5 nitrogen and oxygen atoms in total. The van der Waals surface area contributed by atoms with Crippen LogP contribution in [0.25, 0.3) is 0 Å². The summed E-state index contributed by atoms with van der Waals surface area (Å²) in [6.07, 6.45) is 1.53. The minimum Gasteiger partial charge on any atom is -0.465 e. The summed E-state index contributed by atoms with van der Waals surface area (Å²) < 4.78 is 18.0. The fourth-order valence-electron chi connectivity index (χ4n) is 1.71. The minimum atomic E-state index is -0.433. The third-order valence-electron chi connectivity index (χ3n) is 2.76. The first-order chi connectivity index (χ1) is 9.61. The number of esters is 1. The zero-order valence-corrected chi connectivity index (χ0v) is 11.2. The van der Waals surface area contributed by atoms with Gasteiger partial charge < -0.3 is 10.1 Å². The van der Waals surface area contributed by atoms with Gasteiger partial charge in [0.1, 0.15) is 11.6 Å². The van der Waals surface area contributed by atoms with Gasteiger partial charge in [-0.05, 0) is 31.2 Å². The van der Waals surface area contributed by atoms with E-state index in [4.69, 9.17) is 0 Å². The number of nitrogens with one attached hydrogen (secondary N) is 1. The number of nitrogens with zero attached hydrogens (tertiary/aromatic N) is 2. The van der Waals surface area contributed by atoms with Gasteiger partial charge >= 0.3 is 5.97 Å². The van der Waals surface area contributed by atoms with Gasteiger partial charge in [0.05, 0.1) is 30.6 Å². The van der Waals surface area contributed by atoms with Crippen LogP contribution in [-0.2, 0) is 11.3 Å². The second-order valence-corrected chi connectivity index (χ2v) is 4.11. The highest BCUT2D eigenvalue weighted by molar-refractivity contribution is 5.90. The Morgan fingerprint density at radius 1 is 1.40 bits per heavy atom. The van der Waals surface area contributed by atoms with Crippen LogP contribution in [0.2, 0.25) is 0 Å². The van der Waals surface area contributed by atoms with Crippen LogP contribution in [0.4, 0.5) is 10.2 Å². The van der Waals surface area contributed by atoms with Gasteiger partial charge in [0.25, 0.3) is 0 Å². The quantitative estimate of drug-likeness (QED) is 0.867. The second kappa shape index (κ2) is 6.10. The van der Waals surface area contributed by atoms with Crippen molar-refractivity contribution in [3.05, 3.63) is 53.2 Å². The number of hydrogen-bond acceptors (Lipinski definition) is 5. The molecule has 2 aromatic rings. The average Bonchev–Trinajstić information content (AvgIpc) is 2.46. The number of aryl methyl sites for hydroxylation is 1. The van der Waals surface area contributed by atoms with Crippen molar-refractivity contribution in [1.82, 2.24) is 9.97 Å². The summed E-state index contributed by atoms with van der Waals surface area (Å²) in [6, 6.07) is 6.14. The van der Waals surface area contributed by atoms with Crippen LogP contribution in [0, 0.1) is 12.7 Å². The molecule has 2 aromatic heterocycles. The van der Waals surface area contributed by atoms with Crippen LogP contribution < -0.4 is 5.32 Å². The molecule has 0 saturated heterocycles.